The number of carbonyl (C=O) groups is 2. The second-order valence-electron chi connectivity index (χ2n) is 10.7. The lowest BCUT2D eigenvalue weighted by Gasteiger charge is -2.24. The molecule has 0 radical (unpaired) electrons. The van der Waals surface area contributed by atoms with Crippen LogP contribution < -0.4 is 20.1 Å². The van der Waals surface area contributed by atoms with E-state index in [1.165, 1.54) is 6.07 Å². The maximum atomic E-state index is 14.0. The summed E-state index contributed by atoms with van der Waals surface area (Å²) in [5.74, 6) is 0.540. The van der Waals surface area contributed by atoms with Gasteiger partial charge in [-0.3, -0.25) is 14.5 Å². The zero-order chi connectivity index (χ0) is 32.9. The Hall–Kier alpha value is -5.88. The van der Waals surface area contributed by atoms with E-state index >= 15 is 0 Å². The van der Waals surface area contributed by atoms with Crippen molar-refractivity contribution in [1.82, 2.24) is 20.2 Å². The molecular formula is C35H30N6O5S. The number of aryl methyl sites for hydroxylation is 1. The molecular weight excluding hydrogens is 616 g/mol. The SMILES string of the molecule is COc1ccc(Cn2nnnc2SC(=O)N(Cc2cc(C)ccc2Oc2cc(C(N)=O)c(O)c3ccccc23)c2ccccc2)cc1. The minimum absolute atomic E-state index is 0.0581. The molecule has 11 nitrogen and oxygen atoms in total. The maximum absolute atomic E-state index is 14.0. The number of thioether (sulfide) groups is 1. The molecule has 6 rings (SSSR count). The molecule has 0 saturated carbocycles. The van der Waals surface area contributed by atoms with Gasteiger partial charge < -0.3 is 20.3 Å². The highest BCUT2D eigenvalue weighted by atomic mass is 32.2. The monoisotopic (exact) mass is 646 g/mol. The number of methoxy groups -OCH3 is 1. The number of aromatic hydroxyl groups is 1. The van der Waals surface area contributed by atoms with Gasteiger partial charge in [-0.15, -0.1) is 5.10 Å². The molecule has 6 aromatic rings. The second kappa shape index (κ2) is 13.6. The van der Waals surface area contributed by atoms with Crippen molar-refractivity contribution in [2.24, 2.45) is 5.73 Å². The molecule has 3 N–H and O–H groups in total. The largest absolute Gasteiger partial charge is 0.506 e. The Labute approximate surface area is 274 Å². The molecule has 0 fully saturated rings. The first-order valence-electron chi connectivity index (χ1n) is 14.6. The van der Waals surface area contributed by atoms with Crippen LogP contribution in [0.25, 0.3) is 10.8 Å². The molecule has 0 spiro atoms. The summed E-state index contributed by atoms with van der Waals surface area (Å²) in [6.07, 6.45) is 0. The number of benzene rings is 5. The molecule has 236 valence electrons. The van der Waals surface area contributed by atoms with Crippen LogP contribution in [0.3, 0.4) is 0 Å². The molecule has 0 aliphatic carbocycles. The summed E-state index contributed by atoms with van der Waals surface area (Å²) in [4.78, 5) is 27.8. The number of hydrogen-bond acceptors (Lipinski definition) is 9. The molecule has 1 heterocycles. The number of fused-ring (bicyclic) bond motifs is 1. The number of tetrazole rings is 1. The van der Waals surface area contributed by atoms with Gasteiger partial charge in [-0.1, -0.05) is 72.3 Å². The number of aromatic nitrogens is 4. The van der Waals surface area contributed by atoms with Gasteiger partial charge in [0.05, 0.1) is 25.8 Å². The summed E-state index contributed by atoms with van der Waals surface area (Å²) in [5.41, 5.74) is 8.79. The smallest absolute Gasteiger partial charge is 0.294 e. The summed E-state index contributed by atoms with van der Waals surface area (Å²) in [7, 11) is 1.61. The zero-order valence-corrected chi connectivity index (χ0v) is 26.3. The lowest BCUT2D eigenvalue weighted by molar-refractivity contribution is 0.0997. The maximum Gasteiger partial charge on any atom is 0.294 e. The van der Waals surface area contributed by atoms with Gasteiger partial charge in [0, 0.05) is 33.8 Å². The first-order valence-corrected chi connectivity index (χ1v) is 15.4. The fourth-order valence-electron chi connectivity index (χ4n) is 5.09. The molecule has 5 aromatic carbocycles. The van der Waals surface area contributed by atoms with Crippen molar-refractivity contribution in [3.05, 3.63) is 125 Å². The van der Waals surface area contributed by atoms with Crippen molar-refractivity contribution in [3.8, 4) is 23.0 Å². The average Bonchev–Trinajstić information content (AvgIpc) is 3.52. The van der Waals surface area contributed by atoms with Gasteiger partial charge in [0.25, 0.3) is 11.1 Å². The van der Waals surface area contributed by atoms with Gasteiger partial charge in [-0.25, -0.2) is 4.68 Å². The third-order valence-corrected chi connectivity index (χ3v) is 8.34. The van der Waals surface area contributed by atoms with Gasteiger partial charge in [-0.2, -0.15) is 0 Å². The molecule has 0 aliphatic rings. The molecule has 0 aliphatic heterocycles. The number of para-hydroxylation sites is 1. The number of amides is 2. The molecule has 2 amide bonds. The number of hydrogen-bond donors (Lipinski definition) is 2. The summed E-state index contributed by atoms with van der Waals surface area (Å²) in [6.45, 7) is 2.46. The first-order chi connectivity index (χ1) is 22.8. The second-order valence-corrected chi connectivity index (χ2v) is 11.6. The summed E-state index contributed by atoms with van der Waals surface area (Å²) < 4.78 is 13.3. The lowest BCUT2D eigenvalue weighted by atomic mass is 10.0. The van der Waals surface area contributed by atoms with Gasteiger partial charge in [0.15, 0.2) is 0 Å². The quantitative estimate of drug-likeness (QED) is 0.155. The van der Waals surface area contributed by atoms with Crippen LogP contribution in [0.1, 0.15) is 27.0 Å². The topological polar surface area (TPSA) is 146 Å². The fraction of sp³-hybridized carbons (Fsp3) is 0.114. The Morgan fingerprint density at radius 3 is 2.36 bits per heavy atom. The Bertz CT molecular complexity index is 2070. The third kappa shape index (κ3) is 6.87. The Morgan fingerprint density at radius 1 is 0.915 bits per heavy atom. The summed E-state index contributed by atoms with van der Waals surface area (Å²) in [5, 5.41) is 23.8. The number of nitrogens with two attached hydrogens (primary N) is 1. The van der Waals surface area contributed by atoms with Crippen LogP contribution in [0.5, 0.6) is 23.0 Å². The van der Waals surface area contributed by atoms with E-state index in [9.17, 15) is 14.7 Å². The van der Waals surface area contributed by atoms with E-state index in [1.807, 2.05) is 85.8 Å². The van der Waals surface area contributed by atoms with E-state index in [-0.39, 0.29) is 23.1 Å². The number of anilines is 1. The number of primary amides is 1. The molecule has 0 unspecified atom stereocenters. The number of phenols is 1. The minimum Gasteiger partial charge on any atom is -0.506 e. The van der Waals surface area contributed by atoms with E-state index in [2.05, 4.69) is 15.5 Å². The molecule has 1 aromatic heterocycles. The van der Waals surface area contributed by atoms with Crippen molar-refractivity contribution in [2.45, 2.75) is 25.2 Å². The number of ether oxygens (including phenoxy) is 2. The Kier molecular flexibility index (Phi) is 9.02. The standard InChI is InChI=1S/C35H30N6O5S/c1-22-12-17-30(46-31-19-29(33(36)43)32(42)28-11-7-6-10-27(28)31)24(18-22)21-40(25-8-4-3-5-9-25)35(44)47-34-37-38-39-41(34)20-23-13-15-26(45-2)16-14-23/h3-19,42H,20-21H2,1-2H3,(H2,36,43). The van der Waals surface area contributed by atoms with E-state index in [0.717, 1.165) is 28.6 Å². The van der Waals surface area contributed by atoms with Crippen LogP contribution in [0.2, 0.25) is 0 Å². The van der Waals surface area contributed by atoms with Crippen molar-refractivity contribution in [1.29, 1.82) is 0 Å². The molecule has 12 heteroatoms. The predicted molar refractivity (Wildman–Crippen MR) is 179 cm³/mol. The normalized spacial score (nSPS) is 10.9. The zero-order valence-electron chi connectivity index (χ0n) is 25.5. The Morgan fingerprint density at radius 2 is 1.64 bits per heavy atom. The molecule has 0 saturated heterocycles. The number of carbonyl (C=O) groups excluding carboxylic acids is 2. The highest BCUT2D eigenvalue weighted by Gasteiger charge is 2.24. The van der Waals surface area contributed by atoms with Gasteiger partial charge in [0.2, 0.25) is 5.16 Å². The van der Waals surface area contributed by atoms with E-state index in [1.54, 1.807) is 34.9 Å². The van der Waals surface area contributed by atoms with Gasteiger partial charge in [0.1, 0.15) is 23.0 Å². The fourth-order valence-corrected chi connectivity index (χ4v) is 5.81. The van der Waals surface area contributed by atoms with Crippen LogP contribution in [-0.2, 0) is 13.1 Å². The van der Waals surface area contributed by atoms with Crippen LogP contribution in [0.4, 0.5) is 10.5 Å². The van der Waals surface area contributed by atoms with Crippen LogP contribution in [0, 0.1) is 6.92 Å². The molecule has 0 atom stereocenters. The van der Waals surface area contributed by atoms with Crippen LogP contribution in [-0.4, -0.2) is 43.6 Å². The first kappa shape index (κ1) is 31.1. The molecule has 0 bridgehead atoms. The van der Waals surface area contributed by atoms with E-state index in [4.69, 9.17) is 15.2 Å². The predicted octanol–water partition coefficient (Wildman–Crippen LogP) is 6.71. The number of nitrogens with zero attached hydrogens (tertiary/aromatic N) is 5. The highest BCUT2D eigenvalue weighted by Crippen LogP contribution is 2.39. The Balaban J connectivity index is 1.32. The summed E-state index contributed by atoms with van der Waals surface area (Å²) >= 11 is 0.918. The van der Waals surface area contributed by atoms with Crippen LogP contribution >= 0.6 is 11.8 Å². The summed E-state index contributed by atoms with van der Waals surface area (Å²) in [6, 6.07) is 30.9. The van der Waals surface area contributed by atoms with E-state index < -0.39 is 5.91 Å². The van der Waals surface area contributed by atoms with Crippen molar-refractivity contribution >= 4 is 39.4 Å². The average molecular weight is 647 g/mol. The van der Waals surface area contributed by atoms with Gasteiger partial charge >= 0.3 is 0 Å². The minimum atomic E-state index is -0.783. The van der Waals surface area contributed by atoms with Crippen molar-refractivity contribution < 1.29 is 24.2 Å². The van der Waals surface area contributed by atoms with Crippen molar-refractivity contribution in [2.75, 3.05) is 12.0 Å². The van der Waals surface area contributed by atoms with E-state index in [0.29, 0.717) is 45.2 Å². The highest BCUT2D eigenvalue weighted by molar-refractivity contribution is 8.13. The van der Waals surface area contributed by atoms with Gasteiger partial charge in [-0.05, 0) is 59.3 Å². The third-order valence-electron chi connectivity index (χ3n) is 7.47. The van der Waals surface area contributed by atoms with Crippen molar-refractivity contribution in [3.63, 3.8) is 0 Å². The molecule has 47 heavy (non-hydrogen) atoms. The van der Waals surface area contributed by atoms with Crippen LogP contribution in [0.15, 0.2) is 108 Å². The lowest BCUT2D eigenvalue weighted by Crippen LogP contribution is -2.27. The number of rotatable bonds is 10.